The zero-order chi connectivity index (χ0) is 12.6. The third-order valence-corrected chi connectivity index (χ3v) is 4.22. The molecule has 2 atom stereocenters. The summed E-state index contributed by atoms with van der Waals surface area (Å²) in [7, 11) is 0. The van der Waals surface area contributed by atoms with Crippen molar-refractivity contribution in [1.82, 2.24) is 10.2 Å². The molecule has 0 spiro atoms. The van der Waals surface area contributed by atoms with Crippen LogP contribution in [0.25, 0.3) is 0 Å². The number of hydrogen-bond acceptors (Lipinski definition) is 3. The lowest BCUT2D eigenvalue weighted by molar-refractivity contribution is 0.0985. The van der Waals surface area contributed by atoms with Gasteiger partial charge >= 0.3 is 0 Å². The van der Waals surface area contributed by atoms with Gasteiger partial charge in [0.15, 0.2) is 0 Å². The van der Waals surface area contributed by atoms with Crippen LogP contribution in [0.5, 0.6) is 0 Å². The van der Waals surface area contributed by atoms with Crippen LogP contribution in [0, 0.1) is 0 Å². The average Bonchev–Trinajstić information content (AvgIpc) is 2.78. The number of nitrogens with one attached hydrogen (secondary N) is 1. The monoisotopic (exact) mass is 254 g/mol. The van der Waals surface area contributed by atoms with Gasteiger partial charge in [0.2, 0.25) is 0 Å². The topological polar surface area (TPSA) is 24.5 Å². The second kappa shape index (κ2) is 8.13. The van der Waals surface area contributed by atoms with E-state index in [9.17, 15) is 0 Å². The molecule has 0 aromatic rings. The van der Waals surface area contributed by atoms with E-state index in [0.717, 1.165) is 12.6 Å². The van der Waals surface area contributed by atoms with Crippen LogP contribution in [-0.4, -0.2) is 49.8 Å². The molecular formula is C15H30N2O. The van der Waals surface area contributed by atoms with Gasteiger partial charge < -0.3 is 15.0 Å². The molecule has 3 nitrogen and oxygen atoms in total. The molecule has 2 fully saturated rings. The summed E-state index contributed by atoms with van der Waals surface area (Å²) in [6.07, 6.45) is 9.63. The molecule has 0 aliphatic carbocycles. The van der Waals surface area contributed by atoms with Crippen molar-refractivity contribution < 1.29 is 4.74 Å². The number of ether oxygens (including phenoxy) is 1. The van der Waals surface area contributed by atoms with Gasteiger partial charge in [0.25, 0.3) is 0 Å². The second-order valence-corrected chi connectivity index (χ2v) is 5.87. The lowest BCUT2D eigenvalue weighted by Crippen LogP contribution is -2.38. The van der Waals surface area contributed by atoms with Crippen LogP contribution in [0.2, 0.25) is 0 Å². The summed E-state index contributed by atoms with van der Waals surface area (Å²) in [5.41, 5.74) is 0. The maximum absolute atomic E-state index is 5.70. The van der Waals surface area contributed by atoms with Crippen molar-refractivity contribution in [2.75, 3.05) is 32.8 Å². The van der Waals surface area contributed by atoms with Gasteiger partial charge in [-0.25, -0.2) is 0 Å². The quantitative estimate of drug-likeness (QED) is 0.788. The fourth-order valence-electron chi connectivity index (χ4n) is 3.24. The molecule has 2 aliphatic heterocycles. The maximum Gasteiger partial charge on any atom is 0.0576 e. The Bertz CT molecular complexity index is 217. The third-order valence-electron chi connectivity index (χ3n) is 4.22. The zero-order valence-corrected chi connectivity index (χ0v) is 12.0. The Kier molecular flexibility index (Phi) is 6.46. The van der Waals surface area contributed by atoms with E-state index in [1.165, 1.54) is 71.1 Å². The third kappa shape index (κ3) is 4.87. The van der Waals surface area contributed by atoms with Gasteiger partial charge in [0, 0.05) is 19.2 Å². The van der Waals surface area contributed by atoms with E-state index in [1.807, 2.05) is 0 Å². The van der Waals surface area contributed by atoms with Crippen LogP contribution in [0.15, 0.2) is 0 Å². The van der Waals surface area contributed by atoms with Gasteiger partial charge in [-0.15, -0.1) is 0 Å². The van der Waals surface area contributed by atoms with Gasteiger partial charge in [-0.3, -0.25) is 0 Å². The largest absolute Gasteiger partial charge is 0.378 e. The Labute approximate surface area is 112 Å². The van der Waals surface area contributed by atoms with Crippen molar-refractivity contribution in [2.24, 2.45) is 0 Å². The molecule has 18 heavy (non-hydrogen) atoms. The molecule has 2 aliphatic rings. The summed E-state index contributed by atoms with van der Waals surface area (Å²) in [6.45, 7) is 8.28. The fraction of sp³-hybridized carbons (Fsp3) is 1.00. The summed E-state index contributed by atoms with van der Waals surface area (Å²) in [6, 6.07) is 0.722. The molecule has 2 unspecified atom stereocenters. The normalized spacial score (nSPS) is 30.5. The van der Waals surface area contributed by atoms with E-state index in [4.69, 9.17) is 4.74 Å². The van der Waals surface area contributed by atoms with Crippen LogP contribution >= 0.6 is 0 Å². The van der Waals surface area contributed by atoms with Crippen molar-refractivity contribution >= 4 is 0 Å². The van der Waals surface area contributed by atoms with Crippen molar-refractivity contribution in [3.05, 3.63) is 0 Å². The van der Waals surface area contributed by atoms with Crippen LogP contribution in [0.3, 0.4) is 0 Å². The van der Waals surface area contributed by atoms with Gasteiger partial charge in [0.1, 0.15) is 0 Å². The lowest BCUT2D eigenvalue weighted by Gasteiger charge is -2.24. The maximum atomic E-state index is 5.70. The molecule has 2 saturated heterocycles. The number of hydrogen-bond donors (Lipinski definition) is 1. The van der Waals surface area contributed by atoms with E-state index in [1.54, 1.807) is 0 Å². The minimum atomic E-state index is 0.571. The highest BCUT2D eigenvalue weighted by atomic mass is 16.5. The van der Waals surface area contributed by atoms with Gasteiger partial charge in [-0.2, -0.15) is 0 Å². The summed E-state index contributed by atoms with van der Waals surface area (Å²) < 4.78 is 5.70. The van der Waals surface area contributed by atoms with Crippen LogP contribution < -0.4 is 5.32 Å². The molecule has 106 valence electrons. The Balaban J connectivity index is 1.63. The minimum absolute atomic E-state index is 0.571. The van der Waals surface area contributed by atoms with Gasteiger partial charge in [-0.05, 0) is 58.2 Å². The highest BCUT2D eigenvalue weighted by Crippen LogP contribution is 2.17. The van der Waals surface area contributed by atoms with E-state index >= 15 is 0 Å². The van der Waals surface area contributed by atoms with Gasteiger partial charge in [-0.1, -0.05) is 13.3 Å². The molecule has 2 rings (SSSR count). The van der Waals surface area contributed by atoms with Crippen molar-refractivity contribution in [2.45, 2.75) is 64.0 Å². The first-order chi connectivity index (χ1) is 8.88. The van der Waals surface area contributed by atoms with Crippen LogP contribution in [0.4, 0.5) is 0 Å². The number of nitrogens with zero attached hydrogens (tertiary/aromatic N) is 1. The first-order valence-electron chi connectivity index (χ1n) is 7.96. The molecule has 0 aromatic heterocycles. The summed E-state index contributed by atoms with van der Waals surface area (Å²) in [4.78, 5) is 2.66. The minimum Gasteiger partial charge on any atom is -0.378 e. The molecule has 0 bridgehead atoms. The Morgan fingerprint density at radius 2 is 2.22 bits per heavy atom. The first-order valence-corrected chi connectivity index (χ1v) is 7.96. The molecule has 0 saturated carbocycles. The fourth-order valence-corrected chi connectivity index (χ4v) is 3.24. The molecule has 3 heteroatoms. The Morgan fingerprint density at radius 1 is 1.28 bits per heavy atom. The zero-order valence-electron chi connectivity index (χ0n) is 12.0. The first kappa shape index (κ1) is 14.3. The van der Waals surface area contributed by atoms with E-state index in [-0.39, 0.29) is 0 Å². The van der Waals surface area contributed by atoms with Crippen LogP contribution in [0.1, 0.15) is 51.9 Å². The predicted octanol–water partition coefficient (Wildman–Crippen LogP) is 2.41. The highest BCUT2D eigenvalue weighted by molar-refractivity contribution is 4.76. The molecule has 0 radical (unpaired) electrons. The van der Waals surface area contributed by atoms with E-state index in [2.05, 4.69) is 17.1 Å². The molecular weight excluding hydrogens is 224 g/mol. The average molecular weight is 254 g/mol. The van der Waals surface area contributed by atoms with E-state index < -0.39 is 0 Å². The standard InChI is InChI=1S/C15H30N2O/c1-2-6-14-13-17(11-5-9-16-14)10-3-7-15-8-4-12-18-15/h14-16H,2-13H2,1H3. The van der Waals surface area contributed by atoms with E-state index in [0.29, 0.717) is 6.10 Å². The Morgan fingerprint density at radius 3 is 3.00 bits per heavy atom. The molecule has 1 N–H and O–H groups in total. The van der Waals surface area contributed by atoms with Gasteiger partial charge in [0.05, 0.1) is 6.10 Å². The molecule has 0 amide bonds. The Hall–Kier alpha value is -0.120. The molecule has 2 heterocycles. The van der Waals surface area contributed by atoms with Crippen LogP contribution in [-0.2, 0) is 4.74 Å². The predicted molar refractivity (Wildman–Crippen MR) is 76.0 cm³/mol. The highest BCUT2D eigenvalue weighted by Gasteiger charge is 2.18. The summed E-state index contributed by atoms with van der Waals surface area (Å²) in [5.74, 6) is 0. The smallest absolute Gasteiger partial charge is 0.0576 e. The van der Waals surface area contributed by atoms with Crippen molar-refractivity contribution in [1.29, 1.82) is 0 Å². The van der Waals surface area contributed by atoms with Crippen molar-refractivity contribution in [3.8, 4) is 0 Å². The summed E-state index contributed by atoms with van der Waals surface area (Å²) >= 11 is 0. The second-order valence-electron chi connectivity index (χ2n) is 5.87. The molecule has 0 aromatic carbocycles. The summed E-state index contributed by atoms with van der Waals surface area (Å²) in [5, 5.41) is 3.68. The SMILES string of the molecule is CCCC1CN(CCCC2CCCO2)CCCN1. The lowest BCUT2D eigenvalue weighted by atomic mass is 10.1. The number of rotatable bonds is 6. The van der Waals surface area contributed by atoms with Crippen molar-refractivity contribution in [3.63, 3.8) is 0 Å².